The van der Waals surface area contributed by atoms with E-state index in [0.717, 1.165) is 78.9 Å². The number of ether oxygens (including phenoxy) is 2. The van der Waals surface area contributed by atoms with E-state index in [9.17, 15) is 0 Å². The van der Waals surface area contributed by atoms with E-state index < -0.39 is 0 Å². The number of hydrogen-bond acceptors (Lipinski definition) is 4. The molecule has 6 heteroatoms. The van der Waals surface area contributed by atoms with E-state index >= 15 is 0 Å². The standard InChI is InChI=1S/C12H24N2O2Se2/c1-7-15-8-2-13(1)5-11-17-18-12-6-14-3-9-16-10-4-14/h1-12H2. The zero-order valence-electron chi connectivity index (χ0n) is 11.0. The summed E-state index contributed by atoms with van der Waals surface area (Å²) in [5, 5.41) is 2.88. The summed E-state index contributed by atoms with van der Waals surface area (Å²) in [6, 6.07) is 0. The summed E-state index contributed by atoms with van der Waals surface area (Å²) in [4.78, 5) is 5.12. The Morgan fingerprint density at radius 3 is 1.44 bits per heavy atom. The van der Waals surface area contributed by atoms with E-state index in [2.05, 4.69) is 9.80 Å². The van der Waals surface area contributed by atoms with Gasteiger partial charge in [0, 0.05) is 0 Å². The van der Waals surface area contributed by atoms with Crippen LogP contribution in [0.5, 0.6) is 0 Å². The summed E-state index contributed by atoms with van der Waals surface area (Å²) in [5.74, 6) is 0. The predicted octanol–water partition coefficient (Wildman–Crippen LogP) is -0.189. The Hall–Kier alpha value is 0.879. The van der Waals surface area contributed by atoms with Gasteiger partial charge in [-0.25, -0.2) is 0 Å². The Bertz CT molecular complexity index is 188. The van der Waals surface area contributed by atoms with Crippen molar-refractivity contribution in [2.75, 3.05) is 65.7 Å². The summed E-state index contributed by atoms with van der Waals surface area (Å²) in [6.45, 7) is 11.0. The van der Waals surface area contributed by atoms with Crippen molar-refractivity contribution in [3.05, 3.63) is 0 Å². The first-order chi connectivity index (χ1) is 8.95. The van der Waals surface area contributed by atoms with Crippen LogP contribution < -0.4 is 0 Å². The van der Waals surface area contributed by atoms with Crippen LogP contribution in [-0.2, 0) is 9.47 Å². The van der Waals surface area contributed by atoms with E-state index in [1.807, 2.05) is 0 Å². The monoisotopic (exact) mass is 388 g/mol. The summed E-state index contributed by atoms with van der Waals surface area (Å²) in [5.41, 5.74) is 0. The molecular weight excluding hydrogens is 362 g/mol. The van der Waals surface area contributed by atoms with E-state index in [0.29, 0.717) is 0 Å². The van der Waals surface area contributed by atoms with Gasteiger partial charge in [-0.3, -0.25) is 0 Å². The predicted molar refractivity (Wildman–Crippen MR) is 75.6 cm³/mol. The number of morpholine rings is 2. The Kier molecular flexibility index (Phi) is 8.26. The molecular formula is C12H24N2O2Se2. The molecule has 2 heterocycles. The molecule has 0 bridgehead atoms. The van der Waals surface area contributed by atoms with Gasteiger partial charge in [-0.05, 0) is 0 Å². The fourth-order valence-electron chi connectivity index (χ4n) is 2.10. The van der Waals surface area contributed by atoms with Crippen LogP contribution in [-0.4, -0.2) is 102 Å². The number of rotatable bonds is 7. The Labute approximate surface area is 122 Å². The van der Waals surface area contributed by atoms with Crippen molar-refractivity contribution in [2.24, 2.45) is 0 Å². The molecule has 106 valence electrons. The van der Waals surface area contributed by atoms with E-state index in [1.165, 1.54) is 23.7 Å². The molecule has 0 radical (unpaired) electrons. The molecule has 0 aliphatic carbocycles. The van der Waals surface area contributed by atoms with Crippen LogP contribution in [0.3, 0.4) is 0 Å². The average molecular weight is 386 g/mol. The van der Waals surface area contributed by atoms with E-state index in [-0.39, 0.29) is 0 Å². The summed E-state index contributed by atoms with van der Waals surface area (Å²) < 4.78 is 10.7. The zero-order valence-corrected chi connectivity index (χ0v) is 14.4. The molecule has 2 aliphatic rings. The topological polar surface area (TPSA) is 24.9 Å². The van der Waals surface area contributed by atoms with Crippen molar-refractivity contribution in [3.8, 4) is 0 Å². The van der Waals surface area contributed by atoms with Gasteiger partial charge in [-0.1, -0.05) is 0 Å². The third kappa shape index (κ3) is 6.35. The first kappa shape index (κ1) is 15.3. The van der Waals surface area contributed by atoms with Gasteiger partial charge in [0.25, 0.3) is 0 Å². The van der Waals surface area contributed by atoms with E-state index in [4.69, 9.17) is 9.47 Å². The quantitative estimate of drug-likeness (QED) is 0.448. The molecule has 2 saturated heterocycles. The second-order valence-electron chi connectivity index (χ2n) is 4.55. The molecule has 2 fully saturated rings. The van der Waals surface area contributed by atoms with Crippen LogP contribution in [0.4, 0.5) is 0 Å². The van der Waals surface area contributed by atoms with Gasteiger partial charge in [0.05, 0.1) is 0 Å². The molecule has 0 unspecified atom stereocenters. The summed E-state index contributed by atoms with van der Waals surface area (Å²) in [6.07, 6.45) is 0. The molecule has 0 atom stereocenters. The Balaban J connectivity index is 1.39. The molecule has 18 heavy (non-hydrogen) atoms. The number of nitrogens with zero attached hydrogens (tertiary/aromatic N) is 2. The van der Waals surface area contributed by atoms with Crippen LogP contribution >= 0.6 is 0 Å². The van der Waals surface area contributed by atoms with Gasteiger partial charge in [0.1, 0.15) is 0 Å². The molecule has 0 saturated carbocycles. The van der Waals surface area contributed by atoms with Gasteiger partial charge >= 0.3 is 122 Å². The summed E-state index contributed by atoms with van der Waals surface area (Å²) in [7, 11) is 0. The first-order valence-electron chi connectivity index (χ1n) is 6.80. The Morgan fingerprint density at radius 2 is 1.06 bits per heavy atom. The molecule has 0 aromatic rings. The first-order valence-corrected chi connectivity index (χ1v) is 13.6. The molecule has 0 N–H and O–H groups in total. The van der Waals surface area contributed by atoms with Gasteiger partial charge < -0.3 is 0 Å². The molecule has 2 aliphatic heterocycles. The van der Waals surface area contributed by atoms with E-state index in [1.54, 1.807) is 0 Å². The fraction of sp³-hybridized carbons (Fsp3) is 1.00. The second-order valence-corrected chi connectivity index (χ2v) is 12.4. The van der Waals surface area contributed by atoms with Crippen LogP contribution in [0.2, 0.25) is 10.6 Å². The van der Waals surface area contributed by atoms with Gasteiger partial charge in [0.15, 0.2) is 0 Å². The van der Waals surface area contributed by atoms with Crippen LogP contribution in [0.15, 0.2) is 0 Å². The minimum atomic E-state index is 0.900. The molecule has 4 nitrogen and oxygen atoms in total. The van der Waals surface area contributed by atoms with Crippen LogP contribution in [0.1, 0.15) is 0 Å². The second kappa shape index (κ2) is 9.73. The number of hydrogen-bond donors (Lipinski definition) is 0. The zero-order chi connectivity index (χ0) is 12.5. The molecule has 2 rings (SSSR count). The maximum atomic E-state index is 5.36. The maximum absolute atomic E-state index is 5.36. The third-order valence-electron chi connectivity index (χ3n) is 3.27. The Morgan fingerprint density at radius 1 is 0.667 bits per heavy atom. The van der Waals surface area contributed by atoms with Gasteiger partial charge in [-0.2, -0.15) is 0 Å². The van der Waals surface area contributed by atoms with Crippen LogP contribution in [0, 0.1) is 0 Å². The van der Waals surface area contributed by atoms with Crippen molar-refractivity contribution in [1.82, 2.24) is 9.80 Å². The fourth-order valence-corrected chi connectivity index (χ4v) is 8.19. The SMILES string of the molecule is C1CN(CC[Se][Se]CCN2CCOCC2)CCO1. The van der Waals surface area contributed by atoms with Crippen molar-refractivity contribution >= 4 is 26.3 Å². The molecule has 0 amide bonds. The molecule has 0 spiro atoms. The van der Waals surface area contributed by atoms with Gasteiger partial charge in [-0.15, -0.1) is 0 Å². The normalized spacial score (nSPS) is 23.3. The molecule has 0 aromatic heterocycles. The average Bonchev–Trinajstić information content (AvgIpc) is 2.45. The van der Waals surface area contributed by atoms with Gasteiger partial charge in [0.2, 0.25) is 0 Å². The van der Waals surface area contributed by atoms with Crippen molar-refractivity contribution in [3.63, 3.8) is 0 Å². The van der Waals surface area contributed by atoms with Crippen molar-refractivity contribution in [1.29, 1.82) is 0 Å². The van der Waals surface area contributed by atoms with Crippen molar-refractivity contribution in [2.45, 2.75) is 10.6 Å². The third-order valence-corrected chi connectivity index (χ3v) is 10.5. The van der Waals surface area contributed by atoms with Crippen molar-refractivity contribution < 1.29 is 9.47 Å². The minimum absolute atomic E-state index is 0.900. The summed E-state index contributed by atoms with van der Waals surface area (Å²) >= 11 is 1.80. The van der Waals surface area contributed by atoms with Crippen LogP contribution in [0.25, 0.3) is 0 Å². The molecule has 0 aromatic carbocycles.